The van der Waals surface area contributed by atoms with Crippen molar-refractivity contribution in [2.45, 2.75) is 13.0 Å². The Morgan fingerprint density at radius 1 is 1.47 bits per heavy atom. The summed E-state index contributed by atoms with van der Waals surface area (Å²) in [4.78, 5) is 5.62. The SMILES string of the molecule is CC(CNc1ncc(F)cc1F)N(C)C. The van der Waals surface area contributed by atoms with E-state index < -0.39 is 11.6 Å². The minimum atomic E-state index is -0.668. The summed E-state index contributed by atoms with van der Waals surface area (Å²) in [6.07, 6.45) is 0.992. The topological polar surface area (TPSA) is 28.2 Å². The number of hydrogen-bond donors (Lipinski definition) is 1. The highest BCUT2D eigenvalue weighted by atomic mass is 19.1. The number of aromatic nitrogens is 1. The third kappa shape index (κ3) is 3.43. The van der Waals surface area contributed by atoms with Crippen LogP contribution in [0.2, 0.25) is 0 Å². The van der Waals surface area contributed by atoms with Crippen LogP contribution in [-0.4, -0.2) is 36.6 Å². The maximum absolute atomic E-state index is 13.1. The van der Waals surface area contributed by atoms with Gasteiger partial charge in [0.25, 0.3) is 0 Å². The average Bonchev–Trinajstić information content (AvgIpc) is 2.15. The second kappa shape index (κ2) is 5.02. The largest absolute Gasteiger partial charge is 0.366 e. The monoisotopic (exact) mass is 215 g/mol. The number of hydrogen-bond acceptors (Lipinski definition) is 3. The third-order valence-corrected chi connectivity index (χ3v) is 2.25. The number of halogens is 2. The highest BCUT2D eigenvalue weighted by molar-refractivity contribution is 5.35. The molecule has 1 unspecified atom stereocenters. The molecule has 15 heavy (non-hydrogen) atoms. The summed E-state index contributed by atoms with van der Waals surface area (Å²) in [6, 6.07) is 1.06. The van der Waals surface area contributed by atoms with Gasteiger partial charge in [-0.2, -0.15) is 0 Å². The quantitative estimate of drug-likeness (QED) is 0.829. The molecule has 1 N–H and O–H groups in total. The molecule has 1 rings (SSSR count). The molecule has 84 valence electrons. The molecule has 0 saturated carbocycles. The Bertz CT molecular complexity index is 328. The van der Waals surface area contributed by atoms with Crippen molar-refractivity contribution in [3.8, 4) is 0 Å². The average molecular weight is 215 g/mol. The lowest BCUT2D eigenvalue weighted by Gasteiger charge is -2.20. The first kappa shape index (κ1) is 11.8. The maximum Gasteiger partial charge on any atom is 0.168 e. The van der Waals surface area contributed by atoms with Gasteiger partial charge in [0.15, 0.2) is 11.6 Å². The van der Waals surface area contributed by atoms with E-state index in [4.69, 9.17) is 0 Å². The van der Waals surface area contributed by atoms with Gasteiger partial charge in [0, 0.05) is 18.7 Å². The fourth-order valence-electron chi connectivity index (χ4n) is 0.972. The van der Waals surface area contributed by atoms with Gasteiger partial charge in [-0.3, -0.25) is 0 Å². The molecule has 1 aromatic heterocycles. The van der Waals surface area contributed by atoms with E-state index in [1.54, 1.807) is 0 Å². The van der Waals surface area contributed by atoms with Gasteiger partial charge in [0.2, 0.25) is 0 Å². The molecule has 0 amide bonds. The number of likely N-dealkylation sites (N-methyl/N-ethyl adjacent to an activating group) is 1. The van der Waals surface area contributed by atoms with Crippen LogP contribution in [-0.2, 0) is 0 Å². The lowest BCUT2D eigenvalue weighted by atomic mass is 10.3. The van der Waals surface area contributed by atoms with Gasteiger partial charge in [-0.25, -0.2) is 13.8 Å². The van der Waals surface area contributed by atoms with Gasteiger partial charge in [0.05, 0.1) is 6.20 Å². The first-order chi connectivity index (χ1) is 7.00. The van der Waals surface area contributed by atoms with Crippen molar-refractivity contribution in [1.29, 1.82) is 0 Å². The van der Waals surface area contributed by atoms with Gasteiger partial charge in [0.1, 0.15) is 5.82 Å². The Labute approximate surface area is 88.1 Å². The fourth-order valence-corrected chi connectivity index (χ4v) is 0.972. The molecule has 0 aliphatic carbocycles. The van der Waals surface area contributed by atoms with Crippen molar-refractivity contribution in [3.05, 3.63) is 23.9 Å². The molecule has 0 spiro atoms. The number of nitrogens with one attached hydrogen (secondary N) is 1. The molecule has 0 saturated heterocycles. The summed E-state index contributed by atoms with van der Waals surface area (Å²) in [5, 5.41) is 2.83. The predicted octanol–water partition coefficient (Wildman–Crippen LogP) is 1.72. The summed E-state index contributed by atoms with van der Waals surface area (Å²) in [7, 11) is 3.86. The van der Waals surface area contributed by atoms with Crippen LogP contribution < -0.4 is 5.32 Å². The number of pyridine rings is 1. The van der Waals surface area contributed by atoms with Crippen molar-refractivity contribution in [1.82, 2.24) is 9.88 Å². The molecule has 0 aliphatic heterocycles. The zero-order chi connectivity index (χ0) is 11.4. The van der Waals surface area contributed by atoms with E-state index >= 15 is 0 Å². The van der Waals surface area contributed by atoms with Crippen LogP contribution in [0.3, 0.4) is 0 Å². The van der Waals surface area contributed by atoms with Gasteiger partial charge in [-0.15, -0.1) is 0 Å². The van der Waals surface area contributed by atoms with Crippen LogP contribution in [0, 0.1) is 11.6 Å². The second-order valence-electron chi connectivity index (χ2n) is 3.68. The zero-order valence-electron chi connectivity index (χ0n) is 9.09. The smallest absolute Gasteiger partial charge is 0.168 e. The summed E-state index contributed by atoms with van der Waals surface area (Å²) < 4.78 is 25.7. The lowest BCUT2D eigenvalue weighted by Crippen LogP contribution is -2.31. The number of anilines is 1. The van der Waals surface area contributed by atoms with Crippen molar-refractivity contribution in [2.75, 3.05) is 26.0 Å². The Morgan fingerprint density at radius 2 is 2.13 bits per heavy atom. The summed E-state index contributed by atoms with van der Waals surface area (Å²) in [5.41, 5.74) is 0. The van der Waals surface area contributed by atoms with Crippen LogP contribution in [0.4, 0.5) is 14.6 Å². The van der Waals surface area contributed by atoms with E-state index in [0.29, 0.717) is 6.54 Å². The maximum atomic E-state index is 13.1. The fraction of sp³-hybridized carbons (Fsp3) is 0.500. The van der Waals surface area contributed by atoms with E-state index in [0.717, 1.165) is 12.3 Å². The van der Waals surface area contributed by atoms with Crippen molar-refractivity contribution in [2.24, 2.45) is 0 Å². The lowest BCUT2D eigenvalue weighted by molar-refractivity contribution is 0.325. The predicted molar refractivity (Wildman–Crippen MR) is 55.8 cm³/mol. The van der Waals surface area contributed by atoms with E-state index in [1.165, 1.54) is 0 Å². The third-order valence-electron chi connectivity index (χ3n) is 2.25. The van der Waals surface area contributed by atoms with E-state index in [2.05, 4.69) is 10.3 Å². The Kier molecular flexibility index (Phi) is 3.96. The molecule has 0 aliphatic rings. The van der Waals surface area contributed by atoms with Crippen molar-refractivity contribution >= 4 is 5.82 Å². The van der Waals surface area contributed by atoms with Crippen molar-refractivity contribution in [3.63, 3.8) is 0 Å². The Balaban J connectivity index is 2.58. The van der Waals surface area contributed by atoms with Crippen molar-refractivity contribution < 1.29 is 8.78 Å². The van der Waals surface area contributed by atoms with E-state index in [-0.39, 0.29) is 11.9 Å². The van der Waals surface area contributed by atoms with E-state index in [9.17, 15) is 8.78 Å². The molecule has 0 fully saturated rings. The Hall–Kier alpha value is -1.23. The van der Waals surface area contributed by atoms with E-state index in [1.807, 2.05) is 25.9 Å². The minimum Gasteiger partial charge on any atom is -0.366 e. The summed E-state index contributed by atoms with van der Waals surface area (Å²) >= 11 is 0. The molecule has 0 aromatic carbocycles. The molecule has 1 atom stereocenters. The van der Waals surface area contributed by atoms with Gasteiger partial charge >= 0.3 is 0 Å². The first-order valence-corrected chi connectivity index (χ1v) is 4.72. The van der Waals surface area contributed by atoms with Gasteiger partial charge in [-0.1, -0.05) is 0 Å². The molecule has 0 bridgehead atoms. The molecular weight excluding hydrogens is 200 g/mol. The Morgan fingerprint density at radius 3 is 2.67 bits per heavy atom. The second-order valence-corrected chi connectivity index (χ2v) is 3.68. The molecule has 5 heteroatoms. The highest BCUT2D eigenvalue weighted by Gasteiger charge is 2.08. The van der Waals surface area contributed by atoms with Crippen LogP contribution >= 0.6 is 0 Å². The summed E-state index contributed by atoms with van der Waals surface area (Å²) in [6.45, 7) is 2.55. The van der Waals surface area contributed by atoms with Crippen LogP contribution in [0.15, 0.2) is 12.3 Å². The number of rotatable bonds is 4. The molecule has 3 nitrogen and oxygen atoms in total. The normalized spacial score (nSPS) is 12.9. The van der Waals surface area contributed by atoms with Crippen LogP contribution in [0.25, 0.3) is 0 Å². The highest BCUT2D eigenvalue weighted by Crippen LogP contribution is 2.11. The number of nitrogens with zero attached hydrogens (tertiary/aromatic N) is 2. The van der Waals surface area contributed by atoms with Gasteiger partial charge in [-0.05, 0) is 21.0 Å². The standard InChI is InChI=1S/C10H15F2N3/c1-7(15(2)3)5-13-10-9(12)4-8(11)6-14-10/h4,6-7H,5H2,1-3H3,(H,13,14). The molecular formula is C10H15F2N3. The zero-order valence-corrected chi connectivity index (χ0v) is 9.09. The van der Waals surface area contributed by atoms with Crippen LogP contribution in [0.5, 0.6) is 0 Å². The van der Waals surface area contributed by atoms with Crippen LogP contribution in [0.1, 0.15) is 6.92 Å². The minimum absolute atomic E-state index is 0.0881. The molecule has 0 radical (unpaired) electrons. The van der Waals surface area contributed by atoms with Gasteiger partial charge < -0.3 is 10.2 Å². The molecule has 1 aromatic rings. The first-order valence-electron chi connectivity index (χ1n) is 4.72. The molecule has 1 heterocycles. The summed E-state index contributed by atoms with van der Waals surface area (Å²) in [5.74, 6) is -1.25.